The Labute approximate surface area is 102 Å². The minimum absolute atomic E-state index is 0.0622. The molecule has 0 aliphatic heterocycles. The van der Waals surface area contributed by atoms with Crippen molar-refractivity contribution in [3.05, 3.63) is 24.1 Å². The maximum Gasteiger partial charge on any atom is 0.396 e. The van der Waals surface area contributed by atoms with Crippen molar-refractivity contribution in [3.63, 3.8) is 0 Å². The quantitative estimate of drug-likeness (QED) is 0.818. The zero-order valence-electron chi connectivity index (χ0n) is 9.71. The summed E-state index contributed by atoms with van der Waals surface area (Å²) in [6.07, 6.45) is 0. The van der Waals surface area contributed by atoms with Crippen molar-refractivity contribution in [1.29, 1.82) is 0 Å². The molecule has 0 unspecified atom stereocenters. The summed E-state index contributed by atoms with van der Waals surface area (Å²) in [5, 5.41) is 16.8. The van der Waals surface area contributed by atoms with Gasteiger partial charge >= 0.3 is 11.9 Å². The van der Waals surface area contributed by atoms with Gasteiger partial charge in [-0.05, 0) is 18.2 Å². The minimum atomic E-state index is -0.716. The van der Waals surface area contributed by atoms with Crippen molar-refractivity contribution >= 4 is 5.97 Å². The molecule has 0 fully saturated rings. The highest BCUT2D eigenvalue weighted by molar-refractivity contribution is 5.84. The van der Waals surface area contributed by atoms with Crippen LogP contribution in [0.1, 0.15) is 10.7 Å². The van der Waals surface area contributed by atoms with Crippen LogP contribution in [-0.4, -0.2) is 35.5 Å². The fourth-order valence-electron chi connectivity index (χ4n) is 1.33. The molecular weight excluding hydrogens is 240 g/mol. The molecule has 1 aromatic carbocycles. The van der Waals surface area contributed by atoms with Crippen LogP contribution in [0, 0.1) is 0 Å². The lowest BCUT2D eigenvalue weighted by atomic mass is 10.2. The summed E-state index contributed by atoms with van der Waals surface area (Å²) >= 11 is 0. The number of hydrogen-bond acceptors (Lipinski definition) is 7. The monoisotopic (exact) mass is 250 g/mol. The molecule has 0 aliphatic carbocycles. The van der Waals surface area contributed by atoms with E-state index in [1.165, 1.54) is 20.3 Å². The first kappa shape index (κ1) is 11.9. The average molecular weight is 250 g/mol. The Morgan fingerprint density at radius 3 is 2.72 bits per heavy atom. The molecule has 1 heterocycles. The van der Waals surface area contributed by atoms with Gasteiger partial charge in [0, 0.05) is 5.56 Å². The van der Waals surface area contributed by atoms with Crippen LogP contribution in [0.4, 0.5) is 0 Å². The number of methoxy groups -OCH3 is 2. The third kappa shape index (κ3) is 2.10. The number of hydrogen-bond donors (Lipinski definition) is 1. The van der Waals surface area contributed by atoms with E-state index in [9.17, 15) is 9.90 Å². The van der Waals surface area contributed by atoms with Gasteiger partial charge in [-0.2, -0.15) is 0 Å². The number of ether oxygens (including phenoxy) is 2. The molecule has 0 radical (unpaired) electrons. The smallest absolute Gasteiger partial charge is 0.396 e. The number of esters is 1. The van der Waals surface area contributed by atoms with Crippen molar-refractivity contribution in [1.82, 2.24) is 10.2 Å². The van der Waals surface area contributed by atoms with Gasteiger partial charge in [-0.1, -0.05) is 0 Å². The average Bonchev–Trinajstić information content (AvgIpc) is 2.87. The van der Waals surface area contributed by atoms with Crippen LogP contribution in [0.3, 0.4) is 0 Å². The van der Waals surface area contributed by atoms with Gasteiger partial charge < -0.3 is 19.0 Å². The first-order valence-corrected chi connectivity index (χ1v) is 4.95. The van der Waals surface area contributed by atoms with E-state index in [1.54, 1.807) is 12.1 Å². The Balaban J connectivity index is 2.34. The van der Waals surface area contributed by atoms with E-state index in [0.717, 1.165) is 0 Å². The molecule has 7 heteroatoms. The first-order valence-electron chi connectivity index (χ1n) is 4.95. The number of carbonyl (C=O) groups is 1. The van der Waals surface area contributed by atoms with Crippen LogP contribution in [0.15, 0.2) is 22.6 Å². The van der Waals surface area contributed by atoms with Gasteiger partial charge in [-0.15, -0.1) is 10.2 Å². The number of carbonyl (C=O) groups excluding carboxylic acids is 1. The van der Waals surface area contributed by atoms with E-state index in [1.807, 2.05) is 0 Å². The number of nitrogens with zero attached hydrogens (tertiary/aromatic N) is 2. The molecule has 2 aromatic rings. The summed E-state index contributed by atoms with van der Waals surface area (Å²) in [6.45, 7) is 0. The highest BCUT2D eigenvalue weighted by Crippen LogP contribution is 2.30. The largest absolute Gasteiger partial charge is 0.504 e. The summed E-state index contributed by atoms with van der Waals surface area (Å²) in [5.41, 5.74) is 0.468. The molecule has 0 bridgehead atoms. The molecule has 0 amide bonds. The number of phenolic OH excluding ortho intramolecular Hbond substituents is 1. The maximum atomic E-state index is 11.1. The summed E-state index contributed by atoms with van der Waals surface area (Å²) in [7, 11) is 2.65. The molecule has 7 nitrogen and oxygen atoms in total. The van der Waals surface area contributed by atoms with E-state index in [2.05, 4.69) is 14.9 Å². The van der Waals surface area contributed by atoms with Crippen LogP contribution in [0.2, 0.25) is 0 Å². The van der Waals surface area contributed by atoms with E-state index >= 15 is 0 Å². The Kier molecular flexibility index (Phi) is 3.13. The highest BCUT2D eigenvalue weighted by Gasteiger charge is 2.16. The molecule has 0 atom stereocenters. The van der Waals surface area contributed by atoms with Crippen molar-refractivity contribution in [2.75, 3.05) is 14.2 Å². The SMILES string of the molecule is COC(=O)c1nnc(-c2ccc(OC)c(O)c2)o1. The van der Waals surface area contributed by atoms with Gasteiger partial charge in [0.15, 0.2) is 11.5 Å². The van der Waals surface area contributed by atoms with Crippen LogP contribution >= 0.6 is 0 Å². The Bertz CT molecular complexity index is 579. The van der Waals surface area contributed by atoms with Gasteiger partial charge in [0.25, 0.3) is 0 Å². The van der Waals surface area contributed by atoms with Crippen LogP contribution in [0.5, 0.6) is 11.5 Å². The molecule has 1 N–H and O–H groups in total. The van der Waals surface area contributed by atoms with Crippen molar-refractivity contribution < 1.29 is 23.8 Å². The normalized spacial score (nSPS) is 10.1. The van der Waals surface area contributed by atoms with Gasteiger partial charge in [-0.3, -0.25) is 0 Å². The molecule has 0 aliphatic rings. The van der Waals surface area contributed by atoms with E-state index in [-0.39, 0.29) is 17.5 Å². The van der Waals surface area contributed by atoms with Crippen molar-refractivity contribution in [3.8, 4) is 23.0 Å². The van der Waals surface area contributed by atoms with E-state index in [4.69, 9.17) is 9.15 Å². The van der Waals surface area contributed by atoms with Gasteiger partial charge in [-0.25, -0.2) is 4.79 Å². The fourth-order valence-corrected chi connectivity index (χ4v) is 1.33. The summed E-state index contributed by atoms with van der Waals surface area (Å²) in [4.78, 5) is 11.1. The topological polar surface area (TPSA) is 94.7 Å². The zero-order valence-corrected chi connectivity index (χ0v) is 9.71. The highest BCUT2D eigenvalue weighted by atomic mass is 16.5. The summed E-state index contributed by atoms with van der Waals surface area (Å²) in [6, 6.07) is 4.56. The predicted molar refractivity (Wildman–Crippen MR) is 59.3 cm³/mol. The fraction of sp³-hybridized carbons (Fsp3) is 0.182. The lowest BCUT2D eigenvalue weighted by Crippen LogP contribution is -2.00. The Morgan fingerprint density at radius 2 is 2.11 bits per heavy atom. The van der Waals surface area contributed by atoms with Crippen LogP contribution in [0.25, 0.3) is 11.5 Å². The first-order chi connectivity index (χ1) is 8.65. The van der Waals surface area contributed by atoms with Crippen molar-refractivity contribution in [2.45, 2.75) is 0 Å². The van der Waals surface area contributed by atoms with Crippen molar-refractivity contribution in [2.24, 2.45) is 0 Å². The second-order valence-electron chi connectivity index (χ2n) is 3.29. The van der Waals surface area contributed by atoms with Gasteiger partial charge in [0.1, 0.15) is 0 Å². The predicted octanol–water partition coefficient (Wildman–Crippen LogP) is 1.24. The van der Waals surface area contributed by atoms with Gasteiger partial charge in [0.05, 0.1) is 14.2 Å². The maximum absolute atomic E-state index is 11.1. The standard InChI is InChI=1S/C11H10N2O5/c1-16-8-4-3-6(5-7(8)14)9-12-13-10(18-9)11(15)17-2/h3-5,14H,1-2H3. The molecule has 18 heavy (non-hydrogen) atoms. The molecule has 0 saturated heterocycles. The number of aromatic nitrogens is 2. The lowest BCUT2D eigenvalue weighted by molar-refractivity contribution is 0.0556. The molecular formula is C11H10N2O5. The number of phenols is 1. The second-order valence-corrected chi connectivity index (χ2v) is 3.29. The van der Waals surface area contributed by atoms with E-state index < -0.39 is 5.97 Å². The molecule has 2 rings (SSSR count). The third-order valence-corrected chi connectivity index (χ3v) is 2.21. The lowest BCUT2D eigenvalue weighted by Gasteiger charge is -2.03. The molecule has 94 valence electrons. The summed E-state index contributed by atoms with van der Waals surface area (Å²) in [5.74, 6) is -0.595. The molecule has 0 saturated carbocycles. The minimum Gasteiger partial charge on any atom is -0.504 e. The second kappa shape index (κ2) is 4.74. The Morgan fingerprint density at radius 1 is 1.33 bits per heavy atom. The van der Waals surface area contributed by atoms with E-state index in [0.29, 0.717) is 11.3 Å². The molecule has 0 spiro atoms. The number of benzene rings is 1. The summed E-state index contributed by atoms with van der Waals surface area (Å²) < 4.78 is 14.4. The Hall–Kier alpha value is -2.57. The molecule has 1 aromatic heterocycles. The van der Waals surface area contributed by atoms with Gasteiger partial charge in [0.2, 0.25) is 5.89 Å². The third-order valence-electron chi connectivity index (χ3n) is 2.21. The number of aromatic hydroxyl groups is 1. The van der Waals surface area contributed by atoms with Crippen LogP contribution < -0.4 is 4.74 Å². The zero-order chi connectivity index (χ0) is 13.1. The number of rotatable bonds is 3. The van der Waals surface area contributed by atoms with Crippen LogP contribution in [-0.2, 0) is 4.74 Å².